The third-order valence-electron chi connectivity index (χ3n) is 9.76. The van der Waals surface area contributed by atoms with E-state index in [0.717, 1.165) is 55.0 Å². The first-order chi connectivity index (χ1) is 25.3. The lowest BCUT2D eigenvalue weighted by Crippen LogP contribution is -2.00. The third kappa shape index (κ3) is 5.04. The van der Waals surface area contributed by atoms with Crippen molar-refractivity contribution in [3.63, 3.8) is 0 Å². The molecule has 0 amide bonds. The monoisotopic (exact) mass is 651 g/mol. The van der Waals surface area contributed by atoms with Crippen molar-refractivity contribution in [1.29, 1.82) is 0 Å². The van der Waals surface area contributed by atoms with Crippen molar-refractivity contribution in [2.45, 2.75) is 0 Å². The third-order valence-corrected chi connectivity index (χ3v) is 9.76. The van der Waals surface area contributed by atoms with Gasteiger partial charge in [0.25, 0.3) is 0 Å². The summed E-state index contributed by atoms with van der Waals surface area (Å²) in [6, 6.07) is 61.1. The van der Waals surface area contributed by atoms with E-state index in [1.165, 1.54) is 27.5 Å². The summed E-state index contributed by atoms with van der Waals surface area (Å²) >= 11 is 0. The first-order valence-electron chi connectivity index (χ1n) is 17.1. The number of nitrogens with zero attached hydrogens (tertiary/aromatic N) is 3. The highest BCUT2D eigenvalue weighted by molar-refractivity contribution is 6.09. The molecule has 0 spiro atoms. The summed E-state index contributed by atoms with van der Waals surface area (Å²) in [4.78, 5) is 15.5. The van der Waals surface area contributed by atoms with Crippen LogP contribution in [0.15, 0.2) is 180 Å². The van der Waals surface area contributed by atoms with Gasteiger partial charge in [-0.05, 0) is 68.1 Å². The van der Waals surface area contributed by atoms with E-state index in [9.17, 15) is 0 Å². The summed E-state index contributed by atoms with van der Waals surface area (Å²) in [6.45, 7) is 0. The zero-order valence-electron chi connectivity index (χ0n) is 27.5. The van der Waals surface area contributed by atoms with Gasteiger partial charge in [-0.25, -0.2) is 15.0 Å². The Morgan fingerprint density at radius 1 is 0.294 bits per heavy atom. The summed E-state index contributed by atoms with van der Waals surface area (Å²) in [7, 11) is 0. The Morgan fingerprint density at radius 2 is 0.804 bits per heavy atom. The van der Waals surface area contributed by atoms with Gasteiger partial charge in [0, 0.05) is 27.5 Å². The minimum Gasteiger partial charge on any atom is -0.456 e. The number of fused-ring (bicyclic) bond motifs is 5. The quantitative estimate of drug-likeness (QED) is 0.186. The lowest BCUT2D eigenvalue weighted by molar-refractivity contribution is 0.669. The van der Waals surface area contributed by atoms with Crippen molar-refractivity contribution in [3.05, 3.63) is 176 Å². The van der Waals surface area contributed by atoms with E-state index in [0.29, 0.717) is 17.5 Å². The SMILES string of the molecule is c1ccc(-c2ccc(-c3nc(-c4ccc5oc6ccccc6c5c4)nc(-c4cccc5c(-c6cccc7ccccc67)cccc45)n3)cc2)cc1. The molecule has 238 valence electrons. The fourth-order valence-electron chi connectivity index (χ4n) is 7.26. The molecule has 0 N–H and O–H groups in total. The lowest BCUT2D eigenvalue weighted by atomic mass is 9.92. The maximum Gasteiger partial charge on any atom is 0.164 e. The number of para-hydroxylation sites is 1. The molecule has 10 aromatic rings. The number of hydrogen-bond donors (Lipinski definition) is 0. The van der Waals surface area contributed by atoms with Crippen molar-refractivity contribution in [2.24, 2.45) is 0 Å². The molecule has 2 aromatic heterocycles. The lowest BCUT2D eigenvalue weighted by Gasteiger charge is -2.14. The van der Waals surface area contributed by atoms with Crippen LogP contribution in [0.1, 0.15) is 0 Å². The Bertz CT molecular complexity index is 2900. The molecule has 4 nitrogen and oxygen atoms in total. The molecule has 0 fully saturated rings. The van der Waals surface area contributed by atoms with Gasteiger partial charge in [-0.1, -0.05) is 152 Å². The largest absolute Gasteiger partial charge is 0.456 e. The van der Waals surface area contributed by atoms with Crippen LogP contribution in [0.4, 0.5) is 0 Å². The molecule has 0 radical (unpaired) electrons. The van der Waals surface area contributed by atoms with Crippen LogP contribution in [0.2, 0.25) is 0 Å². The Kier molecular flexibility index (Phi) is 6.78. The number of aromatic nitrogens is 3. The van der Waals surface area contributed by atoms with Gasteiger partial charge in [-0.15, -0.1) is 0 Å². The Hall–Kier alpha value is -6.91. The Morgan fingerprint density at radius 3 is 1.63 bits per heavy atom. The van der Waals surface area contributed by atoms with E-state index in [2.05, 4.69) is 140 Å². The molecule has 0 aliphatic heterocycles. The number of hydrogen-bond acceptors (Lipinski definition) is 4. The smallest absolute Gasteiger partial charge is 0.164 e. The van der Waals surface area contributed by atoms with Crippen molar-refractivity contribution in [3.8, 4) is 56.4 Å². The molecule has 2 heterocycles. The number of rotatable bonds is 5. The van der Waals surface area contributed by atoms with E-state index in [-0.39, 0.29) is 0 Å². The van der Waals surface area contributed by atoms with Crippen LogP contribution >= 0.6 is 0 Å². The average Bonchev–Trinajstić information content (AvgIpc) is 3.58. The van der Waals surface area contributed by atoms with E-state index in [1.54, 1.807) is 0 Å². The van der Waals surface area contributed by atoms with Crippen LogP contribution in [0.3, 0.4) is 0 Å². The summed E-state index contributed by atoms with van der Waals surface area (Å²) in [5.41, 5.74) is 9.15. The first-order valence-corrected chi connectivity index (χ1v) is 17.1. The normalized spacial score (nSPS) is 11.5. The molecule has 4 heteroatoms. The molecule has 0 saturated heterocycles. The highest BCUT2D eigenvalue weighted by Crippen LogP contribution is 2.38. The van der Waals surface area contributed by atoms with Crippen LogP contribution < -0.4 is 0 Å². The van der Waals surface area contributed by atoms with Gasteiger partial charge in [0.05, 0.1) is 0 Å². The van der Waals surface area contributed by atoms with E-state index < -0.39 is 0 Å². The second kappa shape index (κ2) is 11.9. The summed E-state index contributed by atoms with van der Waals surface area (Å²) < 4.78 is 6.15. The summed E-state index contributed by atoms with van der Waals surface area (Å²) in [5.74, 6) is 1.85. The molecule has 8 aromatic carbocycles. The molecule has 0 bridgehead atoms. The van der Waals surface area contributed by atoms with Crippen molar-refractivity contribution >= 4 is 43.5 Å². The highest BCUT2D eigenvalue weighted by Gasteiger charge is 2.17. The highest BCUT2D eigenvalue weighted by atomic mass is 16.3. The van der Waals surface area contributed by atoms with Gasteiger partial charge in [-0.2, -0.15) is 0 Å². The standard InChI is InChI=1S/C47H29N3O/c1-2-11-30(12-3-1)31-23-25-33(26-24-31)45-48-46(34-27-28-44-42(29-34)40-16-6-7-22-43(40)51-44)50-47(49-45)41-21-10-19-38-37(18-9-20-39(38)41)36-17-8-14-32-13-4-5-15-35(32)36/h1-29H. The van der Waals surface area contributed by atoms with Gasteiger partial charge in [0.15, 0.2) is 17.5 Å². The average molecular weight is 652 g/mol. The Balaban J connectivity index is 1.17. The van der Waals surface area contributed by atoms with Gasteiger partial charge in [0.1, 0.15) is 11.2 Å². The van der Waals surface area contributed by atoms with Crippen LogP contribution in [0, 0.1) is 0 Å². The topological polar surface area (TPSA) is 51.8 Å². The summed E-state index contributed by atoms with van der Waals surface area (Å²) in [6.07, 6.45) is 0. The number of benzene rings is 8. The summed E-state index contributed by atoms with van der Waals surface area (Å²) in [5, 5.41) is 6.77. The van der Waals surface area contributed by atoms with Crippen molar-refractivity contribution in [2.75, 3.05) is 0 Å². The molecule has 0 aliphatic rings. The first kappa shape index (κ1) is 29.0. The number of furan rings is 1. The zero-order chi connectivity index (χ0) is 33.7. The van der Waals surface area contributed by atoms with E-state index in [4.69, 9.17) is 19.4 Å². The minimum absolute atomic E-state index is 0.608. The van der Waals surface area contributed by atoms with Gasteiger partial charge < -0.3 is 4.42 Å². The second-order valence-electron chi connectivity index (χ2n) is 12.8. The maximum atomic E-state index is 6.15. The molecular weight excluding hydrogens is 623 g/mol. The fourth-order valence-corrected chi connectivity index (χ4v) is 7.26. The van der Waals surface area contributed by atoms with E-state index >= 15 is 0 Å². The van der Waals surface area contributed by atoms with Crippen LogP contribution in [-0.2, 0) is 0 Å². The van der Waals surface area contributed by atoms with Gasteiger partial charge >= 0.3 is 0 Å². The molecule has 0 unspecified atom stereocenters. The molecule has 0 saturated carbocycles. The van der Waals surface area contributed by atoms with Crippen LogP contribution in [-0.4, -0.2) is 15.0 Å². The van der Waals surface area contributed by atoms with E-state index in [1.807, 2.05) is 36.4 Å². The minimum atomic E-state index is 0.608. The molecule has 51 heavy (non-hydrogen) atoms. The van der Waals surface area contributed by atoms with Gasteiger partial charge in [0.2, 0.25) is 0 Å². The van der Waals surface area contributed by atoms with Gasteiger partial charge in [-0.3, -0.25) is 0 Å². The second-order valence-corrected chi connectivity index (χ2v) is 12.8. The molecule has 0 atom stereocenters. The Labute approximate surface area is 294 Å². The molecular formula is C47H29N3O. The van der Waals surface area contributed by atoms with Crippen molar-refractivity contribution < 1.29 is 4.42 Å². The maximum absolute atomic E-state index is 6.15. The fraction of sp³-hybridized carbons (Fsp3) is 0. The predicted octanol–water partition coefficient (Wildman–Crippen LogP) is 12.4. The predicted molar refractivity (Wildman–Crippen MR) is 209 cm³/mol. The van der Waals surface area contributed by atoms with Crippen molar-refractivity contribution in [1.82, 2.24) is 15.0 Å². The van der Waals surface area contributed by atoms with Crippen LogP contribution in [0.5, 0.6) is 0 Å². The zero-order valence-corrected chi connectivity index (χ0v) is 27.5. The van der Waals surface area contributed by atoms with Crippen LogP contribution in [0.25, 0.3) is 99.9 Å². The molecule has 10 rings (SSSR count). The molecule has 0 aliphatic carbocycles.